The predicted molar refractivity (Wildman–Crippen MR) is 159 cm³/mol. The zero-order valence-electron chi connectivity index (χ0n) is 24.6. The third kappa shape index (κ3) is 8.83. The van der Waals surface area contributed by atoms with Crippen molar-refractivity contribution in [3.63, 3.8) is 0 Å². The summed E-state index contributed by atoms with van der Waals surface area (Å²) in [5, 5.41) is 2.46. The first kappa shape index (κ1) is 33.2. The van der Waals surface area contributed by atoms with Crippen LogP contribution in [0, 0.1) is 5.82 Å². The quantitative estimate of drug-likeness (QED) is 0.379. The lowest BCUT2D eigenvalue weighted by atomic mass is 10.0. The van der Waals surface area contributed by atoms with E-state index in [-0.39, 0.29) is 16.3 Å². The lowest BCUT2D eigenvalue weighted by Gasteiger charge is -2.33. The van der Waals surface area contributed by atoms with Crippen LogP contribution in [0.2, 0.25) is 5.02 Å². The average Bonchev–Trinajstić information content (AvgIpc) is 3.18. The van der Waals surface area contributed by atoms with Crippen LogP contribution in [0.4, 0.5) is 4.39 Å². The summed E-state index contributed by atoms with van der Waals surface area (Å²) < 4.78 is 53.9. The van der Waals surface area contributed by atoms with Gasteiger partial charge in [-0.1, -0.05) is 17.7 Å². The summed E-state index contributed by atoms with van der Waals surface area (Å²) in [4.78, 5) is 27.4. The Morgan fingerprint density at radius 3 is 2.20 bits per heavy atom. The molecule has 8 nitrogen and oxygen atoms in total. The van der Waals surface area contributed by atoms with Crippen molar-refractivity contribution in [2.75, 3.05) is 5.75 Å². The molecule has 0 radical (unpaired) electrons. The molecule has 226 valence electrons. The van der Waals surface area contributed by atoms with Gasteiger partial charge in [0.25, 0.3) is 15.9 Å². The summed E-state index contributed by atoms with van der Waals surface area (Å²) in [6.45, 7) is 14.3. The zero-order chi connectivity index (χ0) is 31.0. The van der Waals surface area contributed by atoms with Gasteiger partial charge in [0, 0.05) is 17.7 Å². The van der Waals surface area contributed by atoms with Crippen molar-refractivity contribution >= 4 is 45.3 Å². The van der Waals surface area contributed by atoms with Crippen LogP contribution in [0.3, 0.4) is 0 Å². The number of nitrogens with zero attached hydrogens (tertiary/aromatic N) is 1. The molecule has 0 aromatic heterocycles. The Kier molecular flexibility index (Phi) is 9.79. The van der Waals surface area contributed by atoms with E-state index in [1.807, 2.05) is 34.6 Å². The minimum atomic E-state index is -4.65. The fourth-order valence-electron chi connectivity index (χ4n) is 4.08. The van der Waals surface area contributed by atoms with Crippen LogP contribution in [0.1, 0.15) is 61.0 Å². The molecule has 0 aliphatic carbocycles. The van der Waals surface area contributed by atoms with Gasteiger partial charge in [-0.3, -0.25) is 10.1 Å². The standard InChI is InChI=1S/C29H38ClFN2O6S2/c1-27(2,3)38-23-14-9-18(15-21(23)30)16-22(26(35)39-28(4,5)6)33(25(34)24-32-29(7,8)17-40-24)41(36,37)20-12-10-19(31)11-13-20/h9-15,22,24,32H,16-17H2,1-8H3/t22-,24-/m0/s1. The van der Waals surface area contributed by atoms with E-state index in [2.05, 4.69) is 5.32 Å². The minimum Gasteiger partial charge on any atom is -0.487 e. The number of carbonyl (C=O) groups excluding carboxylic acids is 2. The first-order valence-corrected chi connectivity index (χ1v) is 16.0. The van der Waals surface area contributed by atoms with Crippen LogP contribution < -0.4 is 10.1 Å². The maximum absolute atomic E-state index is 14.1. The lowest BCUT2D eigenvalue weighted by Crippen LogP contribution is -2.56. The van der Waals surface area contributed by atoms with Crippen LogP contribution in [0.15, 0.2) is 47.4 Å². The third-order valence-corrected chi connectivity index (χ3v) is 9.40. The van der Waals surface area contributed by atoms with Gasteiger partial charge in [-0.2, -0.15) is 0 Å². The van der Waals surface area contributed by atoms with Crippen LogP contribution >= 0.6 is 23.4 Å². The lowest BCUT2D eigenvalue weighted by molar-refractivity contribution is -0.161. The summed E-state index contributed by atoms with van der Waals surface area (Å²) in [6.07, 6.45) is -0.225. The third-order valence-electron chi connectivity index (χ3n) is 5.75. The Balaban J connectivity index is 2.14. The monoisotopic (exact) mass is 628 g/mol. The minimum absolute atomic E-state index is 0.225. The Labute approximate surface area is 251 Å². The van der Waals surface area contributed by atoms with Gasteiger partial charge in [0.05, 0.1) is 9.92 Å². The number of rotatable bonds is 8. The van der Waals surface area contributed by atoms with E-state index >= 15 is 0 Å². The number of carbonyl (C=O) groups is 2. The maximum atomic E-state index is 14.1. The number of amides is 1. The second-order valence-electron chi connectivity index (χ2n) is 12.5. The fraction of sp³-hybridized carbons (Fsp3) is 0.517. The first-order valence-electron chi connectivity index (χ1n) is 13.1. The number of esters is 1. The molecule has 0 bridgehead atoms. The fourth-order valence-corrected chi connectivity index (χ4v) is 7.26. The van der Waals surface area contributed by atoms with Gasteiger partial charge in [0.2, 0.25) is 0 Å². The van der Waals surface area contributed by atoms with Crippen molar-refractivity contribution in [3.8, 4) is 5.75 Å². The van der Waals surface area contributed by atoms with E-state index in [0.29, 0.717) is 21.4 Å². The largest absolute Gasteiger partial charge is 0.487 e. The molecule has 2 aromatic rings. The number of benzene rings is 2. The highest BCUT2D eigenvalue weighted by molar-refractivity contribution is 8.01. The van der Waals surface area contributed by atoms with E-state index in [0.717, 1.165) is 24.3 Å². The Hall–Kier alpha value is -2.34. The molecule has 41 heavy (non-hydrogen) atoms. The van der Waals surface area contributed by atoms with Gasteiger partial charge in [-0.05, 0) is 97.4 Å². The molecule has 2 atom stereocenters. The van der Waals surface area contributed by atoms with Crippen LogP contribution in [-0.2, 0) is 30.8 Å². The van der Waals surface area contributed by atoms with Crippen molar-refractivity contribution in [2.45, 2.75) is 94.9 Å². The highest BCUT2D eigenvalue weighted by atomic mass is 35.5. The molecule has 1 aliphatic rings. The van der Waals surface area contributed by atoms with E-state index in [4.69, 9.17) is 21.1 Å². The molecule has 0 unspecified atom stereocenters. The van der Waals surface area contributed by atoms with Crippen LogP contribution in [-0.4, -0.2) is 58.5 Å². The molecule has 2 aromatic carbocycles. The van der Waals surface area contributed by atoms with Gasteiger partial charge in [0.1, 0.15) is 34.2 Å². The Morgan fingerprint density at radius 2 is 1.71 bits per heavy atom. The van der Waals surface area contributed by atoms with Crippen molar-refractivity contribution in [2.24, 2.45) is 0 Å². The summed E-state index contributed by atoms with van der Waals surface area (Å²) in [7, 11) is -4.65. The molecule has 0 spiro atoms. The summed E-state index contributed by atoms with van der Waals surface area (Å²) in [6, 6.07) is 7.36. The van der Waals surface area contributed by atoms with Gasteiger partial charge in [-0.25, -0.2) is 21.9 Å². The van der Waals surface area contributed by atoms with Crippen molar-refractivity contribution in [3.05, 3.63) is 58.9 Å². The highest BCUT2D eigenvalue weighted by Crippen LogP contribution is 2.33. The molecular formula is C29H38ClFN2O6S2. The van der Waals surface area contributed by atoms with Gasteiger partial charge < -0.3 is 9.47 Å². The first-order chi connectivity index (χ1) is 18.7. The molecule has 1 amide bonds. The zero-order valence-corrected chi connectivity index (χ0v) is 27.0. The van der Waals surface area contributed by atoms with Crippen molar-refractivity contribution in [1.29, 1.82) is 0 Å². The van der Waals surface area contributed by atoms with Crippen LogP contribution in [0.25, 0.3) is 0 Å². The van der Waals surface area contributed by atoms with E-state index in [9.17, 15) is 22.4 Å². The SMILES string of the molecule is CC1(C)CS[C@@H](C(=O)N([C@@H](Cc2ccc(OC(C)(C)C)c(Cl)c2)C(=O)OC(C)(C)C)S(=O)(=O)c2ccc(F)cc2)N1. The highest BCUT2D eigenvalue weighted by Gasteiger charge is 2.47. The number of sulfonamides is 1. The number of hydrogen-bond donors (Lipinski definition) is 1. The topological polar surface area (TPSA) is 102 Å². The Bertz CT molecular complexity index is 1390. The van der Waals surface area contributed by atoms with Gasteiger partial charge >= 0.3 is 5.97 Å². The normalized spacial score (nSPS) is 18.0. The molecule has 1 heterocycles. The average molecular weight is 629 g/mol. The van der Waals surface area contributed by atoms with Crippen molar-refractivity contribution < 1.29 is 31.9 Å². The maximum Gasteiger partial charge on any atom is 0.330 e. The van der Waals surface area contributed by atoms with Crippen LogP contribution in [0.5, 0.6) is 5.75 Å². The predicted octanol–water partition coefficient (Wildman–Crippen LogP) is 5.57. The Morgan fingerprint density at radius 1 is 1.10 bits per heavy atom. The second kappa shape index (κ2) is 12.1. The van der Waals surface area contributed by atoms with E-state index in [1.165, 1.54) is 11.8 Å². The van der Waals surface area contributed by atoms with E-state index in [1.54, 1.807) is 39.0 Å². The summed E-state index contributed by atoms with van der Waals surface area (Å²) >= 11 is 7.74. The molecule has 0 saturated carbocycles. The molecule has 1 fully saturated rings. The molecule has 1 saturated heterocycles. The molecule has 12 heteroatoms. The number of nitrogens with one attached hydrogen (secondary N) is 1. The summed E-state index contributed by atoms with van der Waals surface area (Å²) in [5.74, 6) is -1.44. The number of hydrogen-bond acceptors (Lipinski definition) is 8. The van der Waals surface area contributed by atoms with Crippen molar-refractivity contribution in [1.82, 2.24) is 9.62 Å². The number of thioether (sulfide) groups is 1. The van der Waals surface area contributed by atoms with Gasteiger partial charge in [-0.15, -0.1) is 11.8 Å². The summed E-state index contributed by atoms with van der Waals surface area (Å²) in [5.41, 5.74) is -1.47. The molecule has 1 aliphatic heterocycles. The second-order valence-corrected chi connectivity index (χ2v) is 15.9. The van der Waals surface area contributed by atoms with Gasteiger partial charge in [0.15, 0.2) is 0 Å². The smallest absolute Gasteiger partial charge is 0.330 e. The molecular weight excluding hydrogens is 591 g/mol. The molecule has 1 N–H and O–H groups in total. The van der Waals surface area contributed by atoms with E-state index < -0.39 is 55.9 Å². The molecule has 3 rings (SSSR count). The number of ether oxygens (including phenoxy) is 2. The number of halogens is 2.